The summed E-state index contributed by atoms with van der Waals surface area (Å²) < 4.78 is 5.47. The summed E-state index contributed by atoms with van der Waals surface area (Å²) in [5, 5.41) is 7.04. The van der Waals surface area contributed by atoms with Crippen LogP contribution in [0.5, 0.6) is 5.75 Å². The van der Waals surface area contributed by atoms with Crippen molar-refractivity contribution in [2.75, 3.05) is 7.11 Å². The Balaban J connectivity index is 2.66. The van der Waals surface area contributed by atoms with Crippen molar-refractivity contribution in [3.05, 3.63) is 35.0 Å². The maximum absolute atomic E-state index is 5.70. The van der Waals surface area contributed by atoms with Gasteiger partial charge in [0.2, 0.25) is 0 Å². The van der Waals surface area contributed by atoms with Gasteiger partial charge in [-0.05, 0) is 31.0 Å². The molecule has 0 atom stereocenters. The average Bonchev–Trinajstić information content (AvgIpc) is 2.75. The Morgan fingerprint density at radius 3 is 2.76 bits per heavy atom. The molecule has 0 fully saturated rings. The van der Waals surface area contributed by atoms with Gasteiger partial charge in [-0.1, -0.05) is 6.07 Å². The van der Waals surface area contributed by atoms with Crippen molar-refractivity contribution in [3.8, 4) is 17.0 Å². The van der Waals surface area contributed by atoms with Crippen LogP contribution in [0, 0.1) is 13.8 Å². The summed E-state index contributed by atoms with van der Waals surface area (Å²) in [6.07, 6.45) is 1.76. The van der Waals surface area contributed by atoms with E-state index in [4.69, 9.17) is 10.5 Å². The summed E-state index contributed by atoms with van der Waals surface area (Å²) >= 11 is 0. The van der Waals surface area contributed by atoms with E-state index < -0.39 is 0 Å². The second-order valence-corrected chi connectivity index (χ2v) is 4.14. The molecule has 17 heavy (non-hydrogen) atoms. The van der Waals surface area contributed by atoms with Crippen LogP contribution in [0.15, 0.2) is 18.3 Å². The van der Waals surface area contributed by atoms with Gasteiger partial charge in [0, 0.05) is 17.7 Å². The van der Waals surface area contributed by atoms with E-state index in [2.05, 4.69) is 29.3 Å². The minimum atomic E-state index is 0.460. The maximum atomic E-state index is 5.70. The van der Waals surface area contributed by atoms with Crippen molar-refractivity contribution in [1.29, 1.82) is 0 Å². The Bertz CT molecular complexity index is 531. The number of H-pyrrole nitrogens is 1. The van der Waals surface area contributed by atoms with E-state index in [9.17, 15) is 0 Å². The molecule has 0 bridgehead atoms. The third kappa shape index (κ3) is 2.03. The third-order valence-electron chi connectivity index (χ3n) is 2.83. The van der Waals surface area contributed by atoms with Crippen LogP contribution in [0.3, 0.4) is 0 Å². The van der Waals surface area contributed by atoms with Gasteiger partial charge in [-0.2, -0.15) is 5.10 Å². The zero-order chi connectivity index (χ0) is 12.4. The van der Waals surface area contributed by atoms with E-state index in [0.717, 1.165) is 28.1 Å². The van der Waals surface area contributed by atoms with Gasteiger partial charge in [0.25, 0.3) is 0 Å². The topological polar surface area (TPSA) is 63.9 Å². The molecule has 2 rings (SSSR count). The van der Waals surface area contributed by atoms with Crippen molar-refractivity contribution < 1.29 is 4.74 Å². The van der Waals surface area contributed by atoms with Crippen molar-refractivity contribution in [1.82, 2.24) is 10.2 Å². The Labute approximate surface area is 101 Å². The first-order chi connectivity index (χ1) is 8.17. The summed E-state index contributed by atoms with van der Waals surface area (Å²) in [5.74, 6) is 0.870. The van der Waals surface area contributed by atoms with Crippen LogP contribution in [0.1, 0.15) is 16.7 Å². The molecule has 0 radical (unpaired) electrons. The number of aromatic nitrogens is 2. The van der Waals surface area contributed by atoms with Gasteiger partial charge in [-0.15, -0.1) is 0 Å². The number of hydrogen-bond donors (Lipinski definition) is 2. The van der Waals surface area contributed by atoms with Gasteiger partial charge < -0.3 is 10.5 Å². The lowest BCUT2D eigenvalue weighted by atomic mass is 10.0. The van der Waals surface area contributed by atoms with Gasteiger partial charge >= 0.3 is 0 Å². The van der Waals surface area contributed by atoms with Gasteiger partial charge in [-0.25, -0.2) is 0 Å². The fourth-order valence-electron chi connectivity index (χ4n) is 2.11. The number of nitrogens with zero attached hydrogens (tertiary/aromatic N) is 1. The lowest BCUT2D eigenvalue weighted by molar-refractivity contribution is 0.413. The van der Waals surface area contributed by atoms with Gasteiger partial charge in [0.1, 0.15) is 5.75 Å². The molecular weight excluding hydrogens is 214 g/mol. The quantitative estimate of drug-likeness (QED) is 0.850. The van der Waals surface area contributed by atoms with Crippen molar-refractivity contribution in [2.45, 2.75) is 20.4 Å². The highest BCUT2D eigenvalue weighted by Gasteiger charge is 2.14. The molecule has 0 amide bonds. The summed E-state index contributed by atoms with van der Waals surface area (Å²) in [6, 6.07) is 4.18. The molecule has 0 aliphatic rings. The molecule has 0 aliphatic carbocycles. The minimum Gasteiger partial charge on any atom is -0.496 e. The first-order valence-corrected chi connectivity index (χ1v) is 5.55. The van der Waals surface area contributed by atoms with Crippen molar-refractivity contribution in [3.63, 3.8) is 0 Å². The van der Waals surface area contributed by atoms with Gasteiger partial charge in [-0.3, -0.25) is 5.10 Å². The van der Waals surface area contributed by atoms with Crippen LogP contribution in [-0.2, 0) is 6.54 Å². The molecule has 3 N–H and O–H groups in total. The van der Waals surface area contributed by atoms with Crippen LogP contribution in [-0.4, -0.2) is 17.3 Å². The zero-order valence-electron chi connectivity index (χ0n) is 10.4. The summed E-state index contributed by atoms with van der Waals surface area (Å²) in [6.45, 7) is 4.56. The lowest BCUT2D eigenvalue weighted by Gasteiger charge is -2.12. The summed E-state index contributed by atoms with van der Waals surface area (Å²) in [7, 11) is 1.68. The highest BCUT2D eigenvalue weighted by atomic mass is 16.5. The van der Waals surface area contributed by atoms with E-state index in [1.54, 1.807) is 13.3 Å². The minimum absolute atomic E-state index is 0.460. The fraction of sp³-hybridized carbons (Fsp3) is 0.308. The Morgan fingerprint density at radius 1 is 1.35 bits per heavy atom. The molecule has 4 heteroatoms. The second-order valence-electron chi connectivity index (χ2n) is 4.14. The molecule has 1 aromatic heterocycles. The Kier molecular flexibility index (Phi) is 3.15. The fourth-order valence-corrected chi connectivity index (χ4v) is 2.11. The van der Waals surface area contributed by atoms with Crippen LogP contribution < -0.4 is 10.5 Å². The molecule has 0 spiro atoms. The maximum Gasteiger partial charge on any atom is 0.131 e. The molecule has 90 valence electrons. The molecule has 0 aliphatic heterocycles. The summed E-state index contributed by atoms with van der Waals surface area (Å²) in [4.78, 5) is 0. The van der Waals surface area contributed by atoms with Crippen LogP contribution in [0.2, 0.25) is 0 Å². The Hall–Kier alpha value is -1.81. The van der Waals surface area contributed by atoms with Gasteiger partial charge in [0.05, 0.1) is 19.0 Å². The van der Waals surface area contributed by atoms with Crippen molar-refractivity contribution >= 4 is 0 Å². The number of benzene rings is 1. The number of aromatic amines is 1. The highest BCUT2D eigenvalue weighted by molar-refractivity contribution is 5.72. The number of methoxy groups -OCH3 is 1. The zero-order valence-corrected chi connectivity index (χ0v) is 10.4. The van der Waals surface area contributed by atoms with Gasteiger partial charge in [0.15, 0.2) is 0 Å². The monoisotopic (exact) mass is 231 g/mol. The summed E-state index contributed by atoms with van der Waals surface area (Å²) in [5.41, 5.74) is 11.0. The molecule has 4 nitrogen and oxygen atoms in total. The first kappa shape index (κ1) is 11.7. The molecule has 1 heterocycles. The average molecular weight is 231 g/mol. The highest BCUT2D eigenvalue weighted by Crippen LogP contribution is 2.34. The molecule has 0 saturated heterocycles. The first-order valence-electron chi connectivity index (χ1n) is 5.55. The second kappa shape index (κ2) is 4.59. The molecule has 2 aromatic rings. The smallest absolute Gasteiger partial charge is 0.131 e. The van der Waals surface area contributed by atoms with Crippen LogP contribution >= 0.6 is 0 Å². The lowest BCUT2D eigenvalue weighted by Crippen LogP contribution is -1.99. The van der Waals surface area contributed by atoms with Crippen molar-refractivity contribution in [2.24, 2.45) is 5.73 Å². The normalized spacial score (nSPS) is 10.6. The van der Waals surface area contributed by atoms with Crippen LogP contribution in [0.4, 0.5) is 0 Å². The number of nitrogens with one attached hydrogen (secondary N) is 1. The number of rotatable bonds is 3. The number of ether oxygens (including phenoxy) is 1. The van der Waals surface area contributed by atoms with E-state index in [-0.39, 0.29) is 0 Å². The predicted molar refractivity (Wildman–Crippen MR) is 67.9 cm³/mol. The number of nitrogens with two attached hydrogens (primary N) is 1. The number of hydrogen-bond acceptors (Lipinski definition) is 3. The van der Waals surface area contributed by atoms with Crippen LogP contribution in [0.25, 0.3) is 11.3 Å². The Morgan fingerprint density at radius 2 is 2.12 bits per heavy atom. The molecule has 0 saturated carbocycles. The largest absolute Gasteiger partial charge is 0.496 e. The SMILES string of the molecule is COc1c(C)cc(C)cc1-c1[nH]ncc1CN. The third-order valence-corrected chi connectivity index (χ3v) is 2.83. The molecular formula is C13H17N3O. The van der Waals surface area contributed by atoms with E-state index in [1.165, 1.54) is 5.56 Å². The predicted octanol–water partition coefficient (Wildman–Crippen LogP) is 2.16. The van der Waals surface area contributed by atoms with E-state index in [1.807, 2.05) is 6.92 Å². The molecule has 1 aromatic carbocycles. The number of aryl methyl sites for hydroxylation is 2. The molecule has 0 unspecified atom stereocenters. The van der Waals surface area contributed by atoms with E-state index >= 15 is 0 Å². The standard InChI is InChI=1S/C13H17N3O/c1-8-4-9(2)13(17-3)11(5-8)12-10(6-14)7-15-16-12/h4-5,7H,6,14H2,1-3H3,(H,15,16). The van der Waals surface area contributed by atoms with E-state index in [0.29, 0.717) is 6.54 Å².